The van der Waals surface area contributed by atoms with Crippen LogP contribution in [0.2, 0.25) is 5.02 Å². The van der Waals surface area contributed by atoms with Crippen LogP contribution in [-0.4, -0.2) is 40.7 Å². The first kappa shape index (κ1) is 17.4. The molecule has 2 aromatic rings. The van der Waals surface area contributed by atoms with E-state index >= 15 is 0 Å². The number of nitrogens with zero attached hydrogens (tertiary/aromatic N) is 2. The van der Waals surface area contributed by atoms with E-state index in [4.69, 9.17) is 11.6 Å². The lowest BCUT2D eigenvalue weighted by Crippen LogP contribution is -2.44. The zero-order chi connectivity index (χ0) is 16.8. The van der Waals surface area contributed by atoms with E-state index in [1.165, 1.54) is 5.56 Å². The summed E-state index contributed by atoms with van der Waals surface area (Å²) >= 11 is 5.94. The maximum Gasteiger partial charge on any atom is 0.0626 e. The van der Waals surface area contributed by atoms with E-state index in [1.54, 1.807) is 0 Å². The van der Waals surface area contributed by atoms with Crippen molar-refractivity contribution < 1.29 is 5.11 Å². The quantitative estimate of drug-likeness (QED) is 0.845. The third-order valence-electron chi connectivity index (χ3n) is 4.61. The van der Waals surface area contributed by atoms with Gasteiger partial charge in [-0.25, -0.2) is 0 Å². The fourth-order valence-corrected chi connectivity index (χ4v) is 3.37. The lowest BCUT2D eigenvalue weighted by atomic mass is 10.0. The highest BCUT2D eigenvalue weighted by atomic mass is 35.5. The molecule has 1 aromatic carbocycles. The second kappa shape index (κ2) is 8.58. The van der Waals surface area contributed by atoms with Crippen LogP contribution in [0.15, 0.2) is 48.8 Å². The van der Waals surface area contributed by atoms with Crippen LogP contribution < -0.4 is 5.32 Å². The van der Waals surface area contributed by atoms with Gasteiger partial charge in [0.1, 0.15) is 0 Å². The van der Waals surface area contributed by atoms with Crippen molar-refractivity contribution in [3.63, 3.8) is 0 Å². The topological polar surface area (TPSA) is 48.4 Å². The van der Waals surface area contributed by atoms with Gasteiger partial charge in [0, 0.05) is 30.0 Å². The molecule has 1 aliphatic heterocycles. The summed E-state index contributed by atoms with van der Waals surface area (Å²) < 4.78 is 0. The molecule has 5 heteroatoms. The first-order valence-electron chi connectivity index (χ1n) is 8.48. The number of piperidine rings is 1. The SMILES string of the molecule is OCC(NC1CCN(Cc2cccnc2)CC1)c1ccc(Cl)cc1. The number of hydrogen-bond acceptors (Lipinski definition) is 4. The van der Waals surface area contributed by atoms with Crippen molar-refractivity contribution in [2.24, 2.45) is 0 Å². The second-order valence-corrected chi connectivity index (χ2v) is 6.80. The lowest BCUT2D eigenvalue weighted by Gasteiger charge is -2.34. The standard InChI is InChI=1S/C19H24ClN3O/c20-17-5-3-16(4-6-17)19(14-24)22-18-7-10-23(11-8-18)13-15-2-1-9-21-12-15/h1-6,9,12,18-19,22,24H,7-8,10-11,13-14H2. The normalized spacial score (nSPS) is 17.8. The minimum Gasteiger partial charge on any atom is -0.394 e. The number of likely N-dealkylation sites (tertiary alicyclic amines) is 1. The average molecular weight is 346 g/mol. The summed E-state index contributed by atoms with van der Waals surface area (Å²) in [6.45, 7) is 3.18. The molecule has 128 valence electrons. The number of aliphatic hydroxyl groups excluding tert-OH is 1. The number of nitrogens with one attached hydrogen (secondary N) is 1. The Labute approximate surface area is 148 Å². The average Bonchev–Trinajstić information content (AvgIpc) is 2.63. The summed E-state index contributed by atoms with van der Waals surface area (Å²) in [7, 11) is 0. The number of hydrogen-bond donors (Lipinski definition) is 2. The van der Waals surface area contributed by atoms with Gasteiger partial charge in [-0.15, -0.1) is 0 Å². The van der Waals surface area contributed by atoms with E-state index in [2.05, 4.69) is 21.3 Å². The summed E-state index contributed by atoms with van der Waals surface area (Å²) in [5.41, 5.74) is 2.35. The fraction of sp³-hybridized carbons (Fsp3) is 0.421. The van der Waals surface area contributed by atoms with Crippen LogP contribution in [0.5, 0.6) is 0 Å². The highest BCUT2D eigenvalue weighted by molar-refractivity contribution is 6.30. The van der Waals surface area contributed by atoms with Gasteiger partial charge in [0.25, 0.3) is 0 Å². The van der Waals surface area contributed by atoms with Crippen LogP contribution in [0.25, 0.3) is 0 Å². The van der Waals surface area contributed by atoms with E-state index < -0.39 is 0 Å². The third kappa shape index (κ3) is 4.77. The minimum absolute atomic E-state index is 0.0304. The van der Waals surface area contributed by atoms with Crippen molar-refractivity contribution in [3.05, 3.63) is 64.9 Å². The van der Waals surface area contributed by atoms with Gasteiger partial charge in [-0.1, -0.05) is 29.8 Å². The van der Waals surface area contributed by atoms with Gasteiger partial charge in [0.15, 0.2) is 0 Å². The largest absolute Gasteiger partial charge is 0.394 e. The fourth-order valence-electron chi connectivity index (χ4n) is 3.24. The molecular weight excluding hydrogens is 322 g/mol. The number of aliphatic hydroxyl groups is 1. The van der Waals surface area contributed by atoms with Gasteiger partial charge in [0.05, 0.1) is 12.6 Å². The van der Waals surface area contributed by atoms with Crippen molar-refractivity contribution in [1.29, 1.82) is 0 Å². The van der Waals surface area contributed by atoms with E-state index in [9.17, 15) is 5.11 Å². The Kier molecular flexibility index (Phi) is 6.21. The van der Waals surface area contributed by atoms with Crippen molar-refractivity contribution in [2.45, 2.75) is 31.5 Å². The van der Waals surface area contributed by atoms with Crippen molar-refractivity contribution in [2.75, 3.05) is 19.7 Å². The van der Waals surface area contributed by atoms with Gasteiger partial charge >= 0.3 is 0 Å². The number of rotatable bonds is 6. The van der Waals surface area contributed by atoms with Gasteiger partial charge in [-0.05, 0) is 55.3 Å². The molecule has 3 rings (SSSR count). The highest BCUT2D eigenvalue weighted by Crippen LogP contribution is 2.20. The molecule has 0 aliphatic carbocycles. The molecule has 1 aromatic heterocycles. The molecule has 2 N–H and O–H groups in total. The number of benzene rings is 1. The molecule has 0 bridgehead atoms. The first-order chi connectivity index (χ1) is 11.7. The molecule has 1 fully saturated rings. The molecule has 1 saturated heterocycles. The predicted octanol–water partition coefficient (Wildman–Crippen LogP) is 3.02. The Hall–Kier alpha value is -1.46. The molecule has 0 radical (unpaired) electrons. The predicted molar refractivity (Wildman–Crippen MR) is 97.0 cm³/mol. The van der Waals surface area contributed by atoms with Gasteiger partial charge in [-0.3, -0.25) is 9.88 Å². The molecule has 0 spiro atoms. The zero-order valence-corrected chi connectivity index (χ0v) is 14.5. The highest BCUT2D eigenvalue weighted by Gasteiger charge is 2.22. The number of halogens is 1. The lowest BCUT2D eigenvalue weighted by molar-refractivity contribution is 0.167. The third-order valence-corrected chi connectivity index (χ3v) is 4.86. The summed E-state index contributed by atoms with van der Waals surface area (Å²) in [4.78, 5) is 6.64. The molecule has 4 nitrogen and oxygen atoms in total. The summed E-state index contributed by atoms with van der Waals surface area (Å²) in [6.07, 6.45) is 5.92. The van der Waals surface area contributed by atoms with Crippen molar-refractivity contribution in [3.8, 4) is 0 Å². The van der Waals surface area contributed by atoms with E-state index in [1.807, 2.05) is 42.7 Å². The Morgan fingerprint density at radius 3 is 2.58 bits per heavy atom. The van der Waals surface area contributed by atoms with Gasteiger partial charge < -0.3 is 10.4 Å². The van der Waals surface area contributed by atoms with Crippen LogP contribution in [0, 0.1) is 0 Å². The monoisotopic (exact) mass is 345 g/mol. The molecular formula is C19H24ClN3O. The van der Waals surface area contributed by atoms with Crippen molar-refractivity contribution in [1.82, 2.24) is 15.2 Å². The molecule has 1 unspecified atom stereocenters. The number of pyridine rings is 1. The van der Waals surface area contributed by atoms with E-state index in [-0.39, 0.29) is 12.6 Å². The van der Waals surface area contributed by atoms with Gasteiger partial charge in [-0.2, -0.15) is 0 Å². The van der Waals surface area contributed by atoms with E-state index in [0.717, 1.165) is 43.1 Å². The maximum absolute atomic E-state index is 9.71. The molecule has 2 heterocycles. The van der Waals surface area contributed by atoms with Crippen LogP contribution in [0.4, 0.5) is 0 Å². The van der Waals surface area contributed by atoms with E-state index in [0.29, 0.717) is 6.04 Å². The summed E-state index contributed by atoms with van der Waals surface area (Å²) in [5.74, 6) is 0. The second-order valence-electron chi connectivity index (χ2n) is 6.37. The van der Waals surface area contributed by atoms with Crippen LogP contribution >= 0.6 is 11.6 Å². The number of aromatic nitrogens is 1. The first-order valence-corrected chi connectivity index (χ1v) is 8.86. The zero-order valence-electron chi connectivity index (χ0n) is 13.7. The van der Waals surface area contributed by atoms with Gasteiger partial charge in [0.2, 0.25) is 0 Å². The molecule has 1 aliphatic rings. The molecule has 1 atom stereocenters. The molecule has 24 heavy (non-hydrogen) atoms. The summed E-state index contributed by atoms with van der Waals surface area (Å²) in [6, 6.07) is 12.2. The Morgan fingerprint density at radius 1 is 1.21 bits per heavy atom. The molecule has 0 saturated carbocycles. The molecule has 0 amide bonds. The Balaban J connectivity index is 1.50. The summed E-state index contributed by atoms with van der Waals surface area (Å²) in [5, 5.41) is 14.0. The van der Waals surface area contributed by atoms with Crippen LogP contribution in [-0.2, 0) is 6.54 Å². The minimum atomic E-state index is -0.0304. The van der Waals surface area contributed by atoms with Crippen molar-refractivity contribution >= 4 is 11.6 Å². The Morgan fingerprint density at radius 2 is 1.96 bits per heavy atom. The van der Waals surface area contributed by atoms with Crippen LogP contribution in [0.3, 0.4) is 0 Å². The maximum atomic E-state index is 9.71. The smallest absolute Gasteiger partial charge is 0.0626 e. The Bertz CT molecular complexity index is 612. The van der Waals surface area contributed by atoms with Crippen LogP contribution in [0.1, 0.15) is 30.0 Å².